The molecule has 2 aliphatic rings. The molecule has 4 heteroatoms. The summed E-state index contributed by atoms with van der Waals surface area (Å²) in [6, 6.07) is 8.56. The van der Waals surface area contributed by atoms with Crippen LogP contribution in [0.1, 0.15) is 31.2 Å². The van der Waals surface area contributed by atoms with Crippen LogP contribution in [0.4, 0.5) is 5.69 Å². The second-order valence-corrected chi connectivity index (χ2v) is 5.93. The maximum Gasteiger partial charge on any atom is 0.137 e. The number of hydrogen-bond donors (Lipinski definition) is 0. The van der Waals surface area contributed by atoms with Crippen LogP contribution in [0.5, 0.6) is 0 Å². The number of Topliss-reactive ketones (excluding diaryl/α,β-unsaturated/α-hetero) is 1. The molecule has 2 unspecified atom stereocenters. The van der Waals surface area contributed by atoms with Crippen molar-refractivity contribution >= 4 is 27.4 Å². The van der Waals surface area contributed by atoms with Gasteiger partial charge in [0.05, 0.1) is 11.3 Å². The zero-order valence-corrected chi connectivity index (χ0v) is 11.5. The lowest BCUT2D eigenvalue weighted by atomic mass is 9.99. The predicted molar refractivity (Wildman–Crippen MR) is 72.4 cm³/mol. The van der Waals surface area contributed by atoms with Gasteiger partial charge in [0.1, 0.15) is 11.9 Å². The fraction of sp³-hybridized carbons (Fsp3) is 0.429. The molecule has 2 fully saturated rings. The summed E-state index contributed by atoms with van der Waals surface area (Å²) in [6.07, 6.45) is 3.39. The lowest BCUT2D eigenvalue weighted by molar-refractivity contribution is -0.120. The Bertz CT molecular complexity index is 533. The van der Waals surface area contributed by atoms with E-state index in [1.807, 2.05) is 18.2 Å². The molecule has 18 heavy (non-hydrogen) atoms. The summed E-state index contributed by atoms with van der Waals surface area (Å²) >= 11 is 3.46. The van der Waals surface area contributed by atoms with Crippen LogP contribution in [0.3, 0.4) is 0 Å². The van der Waals surface area contributed by atoms with Crippen LogP contribution in [-0.4, -0.2) is 17.9 Å². The number of rotatable bonds is 1. The van der Waals surface area contributed by atoms with E-state index in [0.717, 1.165) is 23.0 Å². The monoisotopic (exact) mass is 304 g/mol. The number of piperidine rings is 1. The maximum atomic E-state index is 11.6. The molecule has 3 nitrogen and oxygen atoms in total. The number of fused-ring (bicyclic) bond motifs is 2. The summed E-state index contributed by atoms with van der Waals surface area (Å²) in [5, 5.41) is 9.23. The molecule has 0 aliphatic carbocycles. The van der Waals surface area contributed by atoms with E-state index in [0.29, 0.717) is 24.2 Å². The Kier molecular flexibility index (Phi) is 2.87. The minimum Gasteiger partial charge on any atom is -0.364 e. The molecule has 0 amide bonds. The molecule has 0 N–H and O–H groups in total. The second kappa shape index (κ2) is 4.40. The molecule has 2 bridgehead atoms. The highest BCUT2D eigenvalue weighted by molar-refractivity contribution is 9.10. The molecule has 3 rings (SSSR count). The predicted octanol–water partition coefficient (Wildman–Crippen LogP) is 3.02. The minimum atomic E-state index is 0.289. The molecule has 0 aromatic heterocycles. The number of anilines is 1. The normalized spacial score (nSPS) is 26.2. The van der Waals surface area contributed by atoms with E-state index in [1.165, 1.54) is 0 Å². The van der Waals surface area contributed by atoms with Gasteiger partial charge in [-0.2, -0.15) is 5.26 Å². The SMILES string of the molecule is N#Cc1ccc(Br)cc1N1C2CCC1CC(=O)C2. The quantitative estimate of drug-likeness (QED) is 0.801. The number of nitrogens with zero attached hydrogens (tertiary/aromatic N) is 2. The average molecular weight is 305 g/mol. The number of ketones is 1. The third-order valence-corrected chi connectivity index (χ3v) is 4.40. The van der Waals surface area contributed by atoms with Crippen molar-refractivity contribution in [2.24, 2.45) is 0 Å². The van der Waals surface area contributed by atoms with Gasteiger partial charge in [0.25, 0.3) is 0 Å². The van der Waals surface area contributed by atoms with Gasteiger partial charge in [-0.1, -0.05) is 15.9 Å². The van der Waals surface area contributed by atoms with E-state index in [-0.39, 0.29) is 12.1 Å². The van der Waals surface area contributed by atoms with E-state index < -0.39 is 0 Å². The number of carbonyl (C=O) groups is 1. The van der Waals surface area contributed by atoms with Crippen LogP contribution in [0.25, 0.3) is 0 Å². The van der Waals surface area contributed by atoms with E-state index in [1.54, 1.807) is 0 Å². The van der Waals surface area contributed by atoms with Crippen molar-refractivity contribution in [2.75, 3.05) is 4.90 Å². The van der Waals surface area contributed by atoms with Gasteiger partial charge in [-0.15, -0.1) is 0 Å². The number of carbonyl (C=O) groups excluding carboxylic acids is 1. The average Bonchev–Trinajstić information content (AvgIpc) is 2.61. The molecule has 2 heterocycles. The van der Waals surface area contributed by atoms with Crippen LogP contribution < -0.4 is 4.90 Å². The molecule has 92 valence electrons. The number of hydrogen-bond acceptors (Lipinski definition) is 3. The Morgan fingerprint density at radius 2 is 1.94 bits per heavy atom. The molecule has 0 saturated carbocycles. The molecule has 2 atom stereocenters. The summed E-state index contributed by atoms with van der Waals surface area (Å²) in [5.74, 6) is 0.368. The van der Waals surface area contributed by atoms with Crippen molar-refractivity contribution in [3.05, 3.63) is 28.2 Å². The summed E-state index contributed by atoms with van der Waals surface area (Å²) in [7, 11) is 0. The Labute approximate surface area is 115 Å². The van der Waals surface area contributed by atoms with Crippen molar-refractivity contribution in [1.29, 1.82) is 5.26 Å². The highest BCUT2D eigenvalue weighted by Crippen LogP contribution is 2.40. The van der Waals surface area contributed by atoms with Crippen LogP contribution in [0.2, 0.25) is 0 Å². The Hall–Kier alpha value is -1.34. The maximum absolute atomic E-state index is 11.6. The molecule has 2 saturated heterocycles. The second-order valence-electron chi connectivity index (χ2n) is 5.01. The van der Waals surface area contributed by atoms with E-state index >= 15 is 0 Å². The summed E-state index contributed by atoms with van der Waals surface area (Å²) < 4.78 is 0.979. The molecule has 1 aromatic carbocycles. The molecule has 0 radical (unpaired) electrons. The van der Waals surface area contributed by atoms with Crippen molar-refractivity contribution in [2.45, 2.75) is 37.8 Å². The zero-order chi connectivity index (χ0) is 12.7. The van der Waals surface area contributed by atoms with Crippen molar-refractivity contribution < 1.29 is 4.79 Å². The Balaban J connectivity index is 2.03. The van der Waals surface area contributed by atoms with Crippen molar-refractivity contribution in [3.63, 3.8) is 0 Å². The fourth-order valence-electron chi connectivity index (χ4n) is 3.18. The smallest absolute Gasteiger partial charge is 0.137 e. The zero-order valence-electron chi connectivity index (χ0n) is 9.90. The molecule has 1 aromatic rings. The first kappa shape index (κ1) is 11.7. The first-order valence-electron chi connectivity index (χ1n) is 6.18. The van der Waals surface area contributed by atoms with E-state index in [4.69, 9.17) is 0 Å². The molecular weight excluding hydrogens is 292 g/mol. The van der Waals surface area contributed by atoms with Gasteiger partial charge >= 0.3 is 0 Å². The lowest BCUT2D eigenvalue weighted by Crippen LogP contribution is -2.43. The number of nitriles is 1. The first-order valence-corrected chi connectivity index (χ1v) is 6.98. The van der Waals surface area contributed by atoms with Crippen LogP contribution in [-0.2, 0) is 4.79 Å². The third-order valence-electron chi connectivity index (χ3n) is 3.90. The molecule has 2 aliphatic heterocycles. The Morgan fingerprint density at radius 1 is 1.28 bits per heavy atom. The topological polar surface area (TPSA) is 44.1 Å². The molecular formula is C14H13BrN2O. The Morgan fingerprint density at radius 3 is 2.56 bits per heavy atom. The van der Waals surface area contributed by atoms with E-state index in [9.17, 15) is 10.1 Å². The minimum absolute atomic E-state index is 0.289. The summed E-state index contributed by atoms with van der Waals surface area (Å²) in [5.41, 5.74) is 1.68. The highest BCUT2D eigenvalue weighted by Gasteiger charge is 2.40. The van der Waals surface area contributed by atoms with Crippen molar-refractivity contribution in [3.8, 4) is 6.07 Å². The van der Waals surface area contributed by atoms with Gasteiger partial charge in [-0.05, 0) is 31.0 Å². The summed E-state index contributed by atoms with van der Waals surface area (Å²) in [6.45, 7) is 0. The fourth-order valence-corrected chi connectivity index (χ4v) is 3.53. The van der Waals surface area contributed by atoms with Crippen LogP contribution >= 0.6 is 15.9 Å². The summed E-state index contributed by atoms with van der Waals surface area (Å²) in [4.78, 5) is 13.9. The number of halogens is 1. The lowest BCUT2D eigenvalue weighted by Gasteiger charge is -2.36. The van der Waals surface area contributed by atoms with Gasteiger partial charge < -0.3 is 4.90 Å². The van der Waals surface area contributed by atoms with Crippen molar-refractivity contribution in [1.82, 2.24) is 0 Å². The van der Waals surface area contributed by atoms with Crippen LogP contribution in [0, 0.1) is 11.3 Å². The standard InChI is InChI=1S/C14H13BrN2O/c15-10-2-1-9(8-16)14(5-10)17-11-3-4-12(17)7-13(18)6-11/h1-2,5,11-12H,3-4,6-7H2. The van der Waals surface area contributed by atoms with Gasteiger partial charge in [-0.25, -0.2) is 0 Å². The van der Waals surface area contributed by atoms with E-state index in [2.05, 4.69) is 26.9 Å². The van der Waals surface area contributed by atoms with Gasteiger partial charge in [0, 0.05) is 29.4 Å². The van der Waals surface area contributed by atoms with Gasteiger partial charge in [0.15, 0.2) is 0 Å². The third kappa shape index (κ3) is 1.83. The molecule has 0 spiro atoms. The highest BCUT2D eigenvalue weighted by atomic mass is 79.9. The van der Waals surface area contributed by atoms with Crippen LogP contribution in [0.15, 0.2) is 22.7 Å². The van der Waals surface area contributed by atoms with Gasteiger partial charge in [-0.3, -0.25) is 4.79 Å². The largest absolute Gasteiger partial charge is 0.364 e. The first-order chi connectivity index (χ1) is 8.69. The van der Waals surface area contributed by atoms with Gasteiger partial charge in [0.2, 0.25) is 0 Å². The number of benzene rings is 1.